The van der Waals surface area contributed by atoms with Gasteiger partial charge < -0.3 is 14.2 Å². The van der Waals surface area contributed by atoms with Crippen molar-refractivity contribution >= 4 is 12.1 Å². The summed E-state index contributed by atoms with van der Waals surface area (Å²) in [5, 5.41) is 3.98. The Hall–Kier alpha value is -3.80. The summed E-state index contributed by atoms with van der Waals surface area (Å²) in [6.45, 7) is 0.929. The van der Waals surface area contributed by atoms with Crippen molar-refractivity contribution in [2.45, 2.75) is 0 Å². The van der Waals surface area contributed by atoms with Crippen LogP contribution in [-0.4, -0.2) is 31.9 Å². The largest absolute Gasteiger partial charge is 0.486 e. The van der Waals surface area contributed by atoms with E-state index in [1.165, 1.54) is 0 Å². The zero-order valence-corrected chi connectivity index (χ0v) is 15.7. The fraction of sp³-hybridized carbons (Fsp3) is 0.130. The van der Waals surface area contributed by atoms with Crippen LogP contribution >= 0.6 is 0 Å². The fourth-order valence-electron chi connectivity index (χ4n) is 2.94. The molecule has 1 heterocycles. The van der Waals surface area contributed by atoms with Crippen LogP contribution in [0.1, 0.15) is 5.56 Å². The maximum Gasteiger partial charge on any atom is 0.277 e. The molecule has 6 nitrogen and oxygen atoms in total. The molecule has 29 heavy (non-hydrogen) atoms. The number of hydrogen-bond acceptors (Lipinski definition) is 5. The lowest BCUT2D eigenvalue weighted by molar-refractivity contribution is -0.123. The van der Waals surface area contributed by atoms with Crippen LogP contribution in [0.5, 0.6) is 17.2 Å². The molecule has 0 aliphatic carbocycles. The van der Waals surface area contributed by atoms with Crippen LogP contribution in [0.2, 0.25) is 0 Å². The van der Waals surface area contributed by atoms with Crippen molar-refractivity contribution in [2.24, 2.45) is 5.10 Å². The Labute approximate surface area is 168 Å². The molecule has 4 rings (SSSR count). The van der Waals surface area contributed by atoms with E-state index < -0.39 is 0 Å². The molecule has 146 valence electrons. The van der Waals surface area contributed by atoms with Crippen LogP contribution in [0.25, 0.3) is 11.1 Å². The number of para-hydroxylation sites is 1. The lowest BCUT2D eigenvalue weighted by Gasteiger charge is -2.18. The number of nitrogens with zero attached hydrogens (tertiary/aromatic N) is 1. The molecule has 0 saturated heterocycles. The number of nitrogens with one attached hydrogen (secondary N) is 1. The van der Waals surface area contributed by atoms with Crippen molar-refractivity contribution in [3.05, 3.63) is 78.4 Å². The average molecular weight is 388 g/mol. The highest BCUT2D eigenvalue weighted by atomic mass is 16.6. The first kappa shape index (κ1) is 18.6. The van der Waals surface area contributed by atoms with Gasteiger partial charge in [0.15, 0.2) is 18.1 Å². The van der Waals surface area contributed by atoms with Gasteiger partial charge in [-0.25, -0.2) is 5.43 Å². The standard InChI is InChI=1S/C23H20N2O4/c26-23(25-24-15-17-10-11-21-22(14-17)28-13-12-27-21)16-29-20-9-5-4-8-19(20)18-6-2-1-3-7-18/h1-11,14-15H,12-13,16H2,(H,25,26)/b24-15+. The molecule has 0 atom stereocenters. The lowest BCUT2D eigenvalue weighted by Crippen LogP contribution is -2.24. The third-order valence-electron chi connectivity index (χ3n) is 4.30. The van der Waals surface area contributed by atoms with Gasteiger partial charge in [-0.15, -0.1) is 0 Å². The molecule has 0 unspecified atom stereocenters. The van der Waals surface area contributed by atoms with Crippen LogP contribution in [-0.2, 0) is 4.79 Å². The zero-order valence-electron chi connectivity index (χ0n) is 15.7. The van der Waals surface area contributed by atoms with Crippen LogP contribution in [0.15, 0.2) is 77.9 Å². The maximum absolute atomic E-state index is 12.1. The average Bonchev–Trinajstić information content (AvgIpc) is 2.78. The molecule has 0 fully saturated rings. The van der Waals surface area contributed by atoms with Gasteiger partial charge in [-0.1, -0.05) is 48.5 Å². The highest BCUT2D eigenvalue weighted by Gasteiger charge is 2.11. The van der Waals surface area contributed by atoms with Gasteiger partial charge in [-0.3, -0.25) is 4.79 Å². The minimum Gasteiger partial charge on any atom is -0.486 e. The molecule has 3 aromatic carbocycles. The molecule has 0 spiro atoms. The molecule has 3 aromatic rings. The van der Waals surface area contributed by atoms with Crippen molar-refractivity contribution in [3.8, 4) is 28.4 Å². The van der Waals surface area contributed by atoms with Gasteiger partial charge in [0.25, 0.3) is 5.91 Å². The molecule has 1 N–H and O–H groups in total. The molecular formula is C23H20N2O4. The van der Waals surface area contributed by atoms with Gasteiger partial charge in [0, 0.05) is 5.56 Å². The summed E-state index contributed by atoms with van der Waals surface area (Å²) in [5.41, 5.74) is 5.23. The number of hydrogen-bond donors (Lipinski definition) is 1. The van der Waals surface area contributed by atoms with Crippen molar-refractivity contribution in [1.82, 2.24) is 5.43 Å². The normalized spacial score (nSPS) is 12.6. The second kappa shape index (κ2) is 8.93. The van der Waals surface area contributed by atoms with Crippen molar-refractivity contribution in [2.75, 3.05) is 19.8 Å². The molecule has 1 amide bonds. The van der Waals surface area contributed by atoms with E-state index in [-0.39, 0.29) is 12.5 Å². The fourth-order valence-corrected chi connectivity index (χ4v) is 2.94. The summed E-state index contributed by atoms with van der Waals surface area (Å²) in [5.74, 6) is 1.68. The van der Waals surface area contributed by atoms with Crippen LogP contribution < -0.4 is 19.6 Å². The van der Waals surface area contributed by atoms with E-state index in [4.69, 9.17) is 14.2 Å². The number of carbonyl (C=O) groups excluding carboxylic acids is 1. The van der Waals surface area contributed by atoms with Gasteiger partial charge in [-0.05, 0) is 35.4 Å². The van der Waals surface area contributed by atoms with Crippen LogP contribution in [0.4, 0.5) is 0 Å². The molecular weight excluding hydrogens is 368 g/mol. The van der Waals surface area contributed by atoms with E-state index in [9.17, 15) is 4.79 Å². The zero-order chi connectivity index (χ0) is 19.9. The Morgan fingerprint density at radius 3 is 2.59 bits per heavy atom. The van der Waals surface area contributed by atoms with E-state index in [0.717, 1.165) is 16.7 Å². The third-order valence-corrected chi connectivity index (χ3v) is 4.30. The predicted molar refractivity (Wildman–Crippen MR) is 111 cm³/mol. The van der Waals surface area contributed by atoms with Gasteiger partial charge in [0.2, 0.25) is 0 Å². The van der Waals surface area contributed by atoms with Crippen molar-refractivity contribution in [3.63, 3.8) is 0 Å². The van der Waals surface area contributed by atoms with Gasteiger partial charge in [-0.2, -0.15) is 5.10 Å². The van der Waals surface area contributed by atoms with Crippen molar-refractivity contribution in [1.29, 1.82) is 0 Å². The Kier molecular flexibility index (Phi) is 5.71. The molecule has 1 aliphatic rings. The number of fused-ring (bicyclic) bond motifs is 1. The molecule has 0 bridgehead atoms. The number of rotatable bonds is 6. The number of hydrazone groups is 1. The van der Waals surface area contributed by atoms with E-state index in [1.54, 1.807) is 6.21 Å². The highest BCUT2D eigenvalue weighted by Crippen LogP contribution is 2.30. The number of carbonyl (C=O) groups is 1. The van der Waals surface area contributed by atoms with Gasteiger partial charge in [0.1, 0.15) is 19.0 Å². The molecule has 0 aromatic heterocycles. The van der Waals surface area contributed by atoms with Gasteiger partial charge in [0.05, 0.1) is 6.21 Å². The number of amides is 1. The molecule has 1 aliphatic heterocycles. The summed E-state index contributed by atoms with van der Waals surface area (Å²) < 4.78 is 16.7. The van der Waals surface area contributed by atoms with E-state index >= 15 is 0 Å². The van der Waals surface area contributed by atoms with E-state index in [2.05, 4.69) is 10.5 Å². The quantitative estimate of drug-likeness (QED) is 0.517. The summed E-state index contributed by atoms with van der Waals surface area (Å²) in [6, 6.07) is 23.0. The first-order chi connectivity index (χ1) is 14.3. The maximum atomic E-state index is 12.1. The number of benzene rings is 3. The Bertz CT molecular complexity index is 1020. The van der Waals surface area contributed by atoms with Gasteiger partial charge >= 0.3 is 0 Å². The summed E-state index contributed by atoms with van der Waals surface area (Å²) in [7, 11) is 0. The van der Waals surface area contributed by atoms with Crippen LogP contribution in [0, 0.1) is 0 Å². The molecule has 0 saturated carbocycles. The SMILES string of the molecule is O=C(COc1ccccc1-c1ccccc1)N/N=C/c1ccc2c(c1)OCCO2. The molecule has 6 heteroatoms. The van der Waals surface area contributed by atoms with E-state index in [0.29, 0.717) is 30.5 Å². The topological polar surface area (TPSA) is 69.2 Å². The lowest BCUT2D eigenvalue weighted by atomic mass is 10.1. The minimum absolute atomic E-state index is 0.137. The van der Waals surface area contributed by atoms with Crippen LogP contribution in [0.3, 0.4) is 0 Å². The number of ether oxygens (including phenoxy) is 3. The highest BCUT2D eigenvalue weighted by molar-refractivity contribution is 5.84. The summed E-state index contributed by atoms with van der Waals surface area (Å²) in [6.07, 6.45) is 1.55. The second-order valence-electron chi connectivity index (χ2n) is 6.35. The summed E-state index contributed by atoms with van der Waals surface area (Å²) >= 11 is 0. The first-order valence-electron chi connectivity index (χ1n) is 9.28. The first-order valence-corrected chi connectivity index (χ1v) is 9.28. The molecule has 0 radical (unpaired) electrons. The monoisotopic (exact) mass is 388 g/mol. The van der Waals surface area contributed by atoms with E-state index in [1.807, 2.05) is 72.8 Å². The summed E-state index contributed by atoms with van der Waals surface area (Å²) in [4.78, 5) is 12.1. The smallest absolute Gasteiger partial charge is 0.277 e. The second-order valence-corrected chi connectivity index (χ2v) is 6.35. The Morgan fingerprint density at radius 1 is 0.966 bits per heavy atom. The predicted octanol–water partition coefficient (Wildman–Crippen LogP) is 3.65. The third kappa shape index (κ3) is 4.73. The Balaban J connectivity index is 1.34. The van der Waals surface area contributed by atoms with Crippen molar-refractivity contribution < 1.29 is 19.0 Å². The Morgan fingerprint density at radius 2 is 1.72 bits per heavy atom. The minimum atomic E-state index is -0.346.